The van der Waals surface area contributed by atoms with Gasteiger partial charge in [-0.2, -0.15) is 5.10 Å². The van der Waals surface area contributed by atoms with Crippen LogP contribution in [0.4, 0.5) is 0 Å². The minimum atomic E-state index is 0.584. The molecule has 1 saturated carbocycles. The normalized spacial score (nSPS) is 16.3. The van der Waals surface area contributed by atoms with E-state index in [1.165, 1.54) is 37.7 Å². The zero-order valence-electron chi connectivity index (χ0n) is 13.4. The first kappa shape index (κ1) is 15.2. The van der Waals surface area contributed by atoms with Crippen molar-refractivity contribution in [2.45, 2.75) is 51.1 Å². The predicted octanol–water partition coefficient (Wildman–Crippen LogP) is 2.85. The number of nitrogens with zero attached hydrogens (tertiary/aromatic N) is 5. The molecule has 2 aromatic heterocycles. The highest BCUT2D eigenvalue weighted by atomic mass is 15.3. The molecule has 0 amide bonds. The molecule has 3 rings (SSSR count). The maximum atomic E-state index is 4.61. The topological polar surface area (TPSA) is 46.8 Å². The van der Waals surface area contributed by atoms with E-state index >= 15 is 0 Å². The van der Waals surface area contributed by atoms with Crippen molar-refractivity contribution in [2.75, 3.05) is 13.6 Å². The summed E-state index contributed by atoms with van der Waals surface area (Å²) < 4.78 is 1.96. The van der Waals surface area contributed by atoms with Gasteiger partial charge in [-0.3, -0.25) is 4.68 Å². The molecule has 0 radical (unpaired) electrons. The Balaban J connectivity index is 1.49. The quantitative estimate of drug-likeness (QED) is 0.823. The molecular weight excluding hydrogens is 274 g/mol. The van der Waals surface area contributed by atoms with Crippen LogP contribution in [0.3, 0.4) is 0 Å². The van der Waals surface area contributed by atoms with Crippen molar-refractivity contribution in [3.63, 3.8) is 0 Å². The number of likely N-dealkylation sites (N-methyl/N-ethyl adjacent to an activating group) is 1. The average Bonchev–Trinajstić information content (AvgIpc) is 3.08. The molecule has 2 heterocycles. The lowest BCUT2D eigenvalue weighted by Crippen LogP contribution is -2.23. The van der Waals surface area contributed by atoms with Gasteiger partial charge in [0.25, 0.3) is 0 Å². The molecule has 1 aliphatic rings. The van der Waals surface area contributed by atoms with Gasteiger partial charge in [0.2, 0.25) is 0 Å². The predicted molar refractivity (Wildman–Crippen MR) is 86.4 cm³/mol. The van der Waals surface area contributed by atoms with E-state index in [-0.39, 0.29) is 0 Å². The fraction of sp³-hybridized carbons (Fsp3) is 0.588. The smallest absolute Gasteiger partial charge is 0.131 e. The summed E-state index contributed by atoms with van der Waals surface area (Å²) in [5, 5.41) is 4.22. The molecule has 118 valence electrons. The van der Waals surface area contributed by atoms with Crippen LogP contribution < -0.4 is 0 Å². The lowest BCUT2D eigenvalue weighted by Gasteiger charge is -2.20. The molecule has 5 heteroatoms. The van der Waals surface area contributed by atoms with Gasteiger partial charge in [0.1, 0.15) is 5.82 Å². The molecule has 0 saturated heterocycles. The van der Waals surface area contributed by atoms with Crippen LogP contribution in [0, 0.1) is 0 Å². The van der Waals surface area contributed by atoms with E-state index in [9.17, 15) is 0 Å². The van der Waals surface area contributed by atoms with Gasteiger partial charge in [-0.15, -0.1) is 0 Å². The average molecular weight is 299 g/mol. The summed E-state index contributed by atoms with van der Waals surface area (Å²) in [6.07, 6.45) is 14.3. The second kappa shape index (κ2) is 7.49. The van der Waals surface area contributed by atoms with Crippen molar-refractivity contribution in [3.05, 3.63) is 42.2 Å². The first-order chi connectivity index (χ1) is 10.8. The van der Waals surface area contributed by atoms with Gasteiger partial charge in [0.15, 0.2) is 0 Å². The zero-order chi connectivity index (χ0) is 15.2. The van der Waals surface area contributed by atoms with Crippen LogP contribution in [0.5, 0.6) is 0 Å². The molecule has 22 heavy (non-hydrogen) atoms. The molecule has 0 aromatic carbocycles. The fourth-order valence-corrected chi connectivity index (χ4v) is 3.11. The highest BCUT2D eigenvalue weighted by Gasteiger charge is 2.17. The monoisotopic (exact) mass is 299 g/mol. The van der Waals surface area contributed by atoms with Crippen LogP contribution in [-0.4, -0.2) is 38.2 Å². The zero-order valence-corrected chi connectivity index (χ0v) is 13.4. The van der Waals surface area contributed by atoms with Crippen molar-refractivity contribution in [3.8, 4) is 0 Å². The Kier molecular flexibility index (Phi) is 5.16. The largest absolute Gasteiger partial charge is 0.300 e. The van der Waals surface area contributed by atoms with Gasteiger partial charge >= 0.3 is 0 Å². The molecule has 2 aromatic rings. The van der Waals surface area contributed by atoms with Gasteiger partial charge < -0.3 is 4.90 Å². The molecule has 1 aliphatic carbocycles. The van der Waals surface area contributed by atoms with E-state index < -0.39 is 0 Å². The Morgan fingerprint density at radius 3 is 2.64 bits per heavy atom. The van der Waals surface area contributed by atoms with Crippen LogP contribution >= 0.6 is 0 Å². The Morgan fingerprint density at radius 2 is 1.95 bits per heavy atom. The van der Waals surface area contributed by atoms with Crippen molar-refractivity contribution in [1.82, 2.24) is 24.6 Å². The number of hydrogen-bond donors (Lipinski definition) is 0. The van der Waals surface area contributed by atoms with E-state index in [0.29, 0.717) is 5.92 Å². The Labute approximate surface area is 132 Å². The van der Waals surface area contributed by atoms with E-state index in [2.05, 4.69) is 27.0 Å². The van der Waals surface area contributed by atoms with Crippen molar-refractivity contribution < 1.29 is 0 Å². The summed E-state index contributed by atoms with van der Waals surface area (Å²) in [6.45, 7) is 2.75. The van der Waals surface area contributed by atoms with Crippen LogP contribution in [0.1, 0.15) is 49.4 Å². The van der Waals surface area contributed by atoms with E-state index in [1.54, 1.807) is 0 Å². The maximum Gasteiger partial charge on any atom is 0.131 e. The van der Waals surface area contributed by atoms with E-state index in [0.717, 1.165) is 25.5 Å². The van der Waals surface area contributed by atoms with Gasteiger partial charge in [0, 0.05) is 49.4 Å². The lowest BCUT2D eigenvalue weighted by molar-refractivity contribution is 0.304. The Hall–Kier alpha value is -1.75. The van der Waals surface area contributed by atoms with Gasteiger partial charge in [-0.05, 0) is 26.0 Å². The molecule has 0 bridgehead atoms. The van der Waals surface area contributed by atoms with Crippen LogP contribution in [0.15, 0.2) is 30.9 Å². The first-order valence-corrected chi connectivity index (χ1v) is 8.28. The molecule has 0 N–H and O–H groups in total. The minimum Gasteiger partial charge on any atom is -0.300 e. The Morgan fingerprint density at radius 1 is 1.18 bits per heavy atom. The molecular formula is C17H25N5. The standard InChI is InChI=1S/C17H25N5/c1-21(10-11-22-9-5-8-20-22)14-15-12-18-17(19-13-15)16-6-3-2-4-7-16/h5,8-9,12-13,16H,2-4,6-7,10-11,14H2,1H3. The molecule has 5 nitrogen and oxygen atoms in total. The van der Waals surface area contributed by atoms with E-state index in [4.69, 9.17) is 0 Å². The van der Waals surface area contributed by atoms with E-state index in [1.807, 2.05) is 35.5 Å². The van der Waals surface area contributed by atoms with Crippen molar-refractivity contribution in [2.24, 2.45) is 0 Å². The maximum absolute atomic E-state index is 4.61. The van der Waals surface area contributed by atoms with Crippen LogP contribution in [0.25, 0.3) is 0 Å². The lowest BCUT2D eigenvalue weighted by atomic mass is 9.89. The third-order valence-electron chi connectivity index (χ3n) is 4.42. The molecule has 1 fully saturated rings. The van der Waals surface area contributed by atoms with Gasteiger partial charge in [0.05, 0.1) is 6.54 Å². The van der Waals surface area contributed by atoms with Crippen molar-refractivity contribution in [1.29, 1.82) is 0 Å². The Bertz CT molecular complexity index is 543. The molecule has 0 unspecified atom stereocenters. The summed E-state index contributed by atoms with van der Waals surface area (Å²) in [6, 6.07) is 1.96. The SMILES string of the molecule is CN(CCn1cccn1)Cc1cnc(C2CCCCC2)nc1. The highest BCUT2D eigenvalue weighted by molar-refractivity contribution is 5.07. The molecule has 0 atom stereocenters. The summed E-state index contributed by atoms with van der Waals surface area (Å²) in [5.74, 6) is 1.63. The molecule has 0 aliphatic heterocycles. The third-order valence-corrected chi connectivity index (χ3v) is 4.42. The summed E-state index contributed by atoms with van der Waals surface area (Å²) in [5.41, 5.74) is 1.18. The second-order valence-corrected chi connectivity index (χ2v) is 6.29. The van der Waals surface area contributed by atoms with Gasteiger partial charge in [-0.25, -0.2) is 9.97 Å². The van der Waals surface area contributed by atoms with Gasteiger partial charge in [-0.1, -0.05) is 19.3 Å². The number of hydrogen-bond acceptors (Lipinski definition) is 4. The fourth-order valence-electron chi connectivity index (χ4n) is 3.11. The number of aromatic nitrogens is 4. The summed E-state index contributed by atoms with van der Waals surface area (Å²) >= 11 is 0. The second-order valence-electron chi connectivity index (χ2n) is 6.29. The number of rotatable bonds is 6. The highest BCUT2D eigenvalue weighted by Crippen LogP contribution is 2.30. The summed E-state index contributed by atoms with van der Waals surface area (Å²) in [7, 11) is 2.12. The third kappa shape index (κ3) is 4.13. The van der Waals surface area contributed by atoms with Crippen LogP contribution in [0.2, 0.25) is 0 Å². The first-order valence-electron chi connectivity index (χ1n) is 8.28. The minimum absolute atomic E-state index is 0.584. The van der Waals surface area contributed by atoms with Crippen molar-refractivity contribution >= 4 is 0 Å². The summed E-state index contributed by atoms with van der Waals surface area (Å²) in [4.78, 5) is 11.5. The molecule has 0 spiro atoms. The van der Waals surface area contributed by atoms with Crippen LogP contribution in [-0.2, 0) is 13.1 Å².